The number of allylic oxidation sites excluding steroid dienone is 1. The van der Waals surface area contributed by atoms with Crippen molar-refractivity contribution in [3.05, 3.63) is 11.6 Å². The Bertz CT molecular complexity index is 215. The van der Waals surface area contributed by atoms with Gasteiger partial charge in [0.05, 0.1) is 13.2 Å². The molecule has 0 spiro atoms. The van der Waals surface area contributed by atoms with Gasteiger partial charge in [0, 0.05) is 12.0 Å². The van der Waals surface area contributed by atoms with Crippen LogP contribution in [0.25, 0.3) is 0 Å². The third-order valence-electron chi connectivity index (χ3n) is 2.01. The van der Waals surface area contributed by atoms with Crippen LogP contribution in [0.2, 0.25) is 0 Å². The molecule has 12 heavy (non-hydrogen) atoms. The van der Waals surface area contributed by atoms with Gasteiger partial charge in [-0.05, 0) is 6.92 Å². The Morgan fingerprint density at radius 3 is 2.42 bits per heavy atom. The highest BCUT2D eigenvalue weighted by molar-refractivity contribution is 5.91. The average Bonchev–Trinajstić information content (AvgIpc) is 2.43. The first-order chi connectivity index (χ1) is 5.67. The lowest BCUT2D eigenvalue weighted by Gasteiger charge is -2.21. The monoisotopic (exact) mass is 172 g/mol. The largest absolute Gasteiger partial charge is 0.450 e. The highest BCUT2D eigenvalue weighted by Crippen LogP contribution is 2.29. The zero-order chi connectivity index (χ0) is 9.19. The van der Waals surface area contributed by atoms with Gasteiger partial charge in [-0.1, -0.05) is 6.08 Å². The molecule has 0 amide bonds. The smallest absolute Gasteiger partial charge is 0.334 e. The fourth-order valence-electron chi connectivity index (χ4n) is 1.16. The summed E-state index contributed by atoms with van der Waals surface area (Å²) in [6.07, 6.45) is 1.92. The number of carbonyl (C=O) groups is 1. The molecule has 4 nitrogen and oxygen atoms in total. The lowest BCUT2D eigenvalue weighted by Crippen LogP contribution is -2.37. The normalized spacial score (nSPS) is 24.6. The summed E-state index contributed by atoms with van der Waals surface area (Å²) in [5.41, 5.74) is -0.572. The molecule has 68 valence electrons. The Labute approximate surface area is 70.5 Å². The van der Waals surface area contributed by atoms with Crippen LogP contribution in [0.1, 0.15) is 13.3 Å². The quantitative estimate of drug-likeness (QED) is 0.439. The molecular weight excluding hydrogens is 160 g/mol. The Balaban J connectivity index is 2.82. The number of ether oxygens (including phenoxy) is 1. The van der Waals surface area contributed by atoms with E-state index in [9.17, 15) is 4.79 Å². The van der Waals surface area contributed by atoms with E-state index in [0.717, 1.165) is 0 Å². The van der Waals surface area contributed by atoms with Gasteiger partial charge in [0.15, 0.2) is 5.60 Å². The van der Waals surface area contributed by atoms with Crippen LogP contribution in [0.15, 0.2) is 11.6 Å². The van der Waals surface area contributed by atoms with Crippen molar-refractivity contribution in [1.82, 2.24) is 0 Å². The van der Waals surface area contributed by atoms with Crippen molar-refractivity contribution < 1.29 is 19.7 Å². The molecule has 0 aromatic rings. The van der Waals surface area contributed by atoms with Crippen LogP contribution in [-0.4, -0.2) is 35.0 Å². The molecule has 1 aliphatic heterocycles. The van der Waals surface area contributed by atoms with Crippen LogP contribution in [0.4, 0.5) is 0 Å². The van der Waals surface area contributed by atoms with Gasteiger partial charge in [-0.25, -0.2) is 4.79 Å². The number of cyclic esters (lactones) is 1. The first-order valence-electron chi connectivity index (χ1n) is 3.78. The van der Waals surface area contributed by atoms with Crippen LogP contribution in [-0.2, 0) is 9.53 Å². The van der Waals surface area contributed by atoms with E-state index in [2.05, 4.69) is 0 Å². The number of aliphatic hydroxyl groups is 2. The molecular formula is C8H12O4. The Kier molecular flexibility index (Phi) is 2.49. The summed E-state index contributed by atoms with van der Waals surface area (Å²) in [5, 5.41) is 17.8. The van der Waals surface area contributed by atoms with Crippen LogP contribution in [0.3, 0.4) is 0 Å². The first kappa shape index (κ1) is 9.22. The van der Waals surface area contributed by atoms with Gasteiger partial charge in [-0.2, -0.15) is 0 Å². The van der Waals surface area contributed by atoms with Gasteiger partial charge in [0.2, 0.25) is 0 Å². The maximum absolute atomic E-state index is 11.0. The van der Waals surface area contributed by atoms with Gasteiger partial charge >= 0.3 is 5.97 Å². The number of hydrogen-bond donors (Lipinski definition) is 2. The summed E-state index contributed by atoms with van der Waals surface area (Å²) in [6, 6.07) is 0. The third kappa shape index (κ3) is 1.35. The van der Waals surface area contributed by atoms with Gasteiger partial charge in [0.25, 0.3) is 0 Å². The predicted octanol–water partition coefficient (Wildman–Crippen LogP) is -0.397. The van der Waals surface area contributed by atoms with Crippen molar-refractivity contribution in [3.63, 3.8) is 0 Å². The molecule has 2 N–H and O–H groups in total. The number of aliphatic hydroxyl groups excluding tert-OH is 2. The number of hydrogen-bond acceptors (Lipinski definition) is 4. The van der Waals surface area contributed by atoms with Crippen molar-refractivity contribution in [2.45, 2.75) is 18.9 Å². The summed E-state index contributed by atoms with van der Waals surface area (Å²) < 4.78 is 4.84. The number of rotatable bonds is 2. The SMILES string of the molecule is C/C=C1\CC(CO)(CO)OC1=O. The van der Waals surface area contributed by atoms with E-state index in [0.29, 0.717) is 5.57 Å². The molecule has 4 heteroatoms. The Morgan fingerprint density at radius 1 is 1.58 bits per heavy atom. The maximum atomic E-state index is 11.0. The molecule has 1 fully saturated rings. The average molecular weight is 172 g/mol. The molecule has 0 bridgehead atoms. The van der Waals surface area contributed by atoms with Gasteiger partial charge in [-0.15, -0.1) is 0 Å². The molecule has 1 aliphatic rings. The summed E-state index contributed by atoms with van der Waals surface area (Å²) >= 11 is 0. The standard InChI is InChI=1S/C8H12O4/c1-2-6-3-8(4-9,5-10)12-7(6)11/h2,9-10H,3-5H2,1H3/b6-2+. The van der Waals surface area contributed by atoms with E-state index in [1.807, 2.05) is 0 Å². The zero-order valence-electron chi connectivity index (χ0n) is 6.91. The molecule has 0 aromatic carbocycles. The number of esters is 1. The van der Waals surface area contributed by atoms with Gasteiger partial charge in [0.1, 0.15) is 0 Å². The summed E-state index contributed by atoms with van der Waals surface area (Å²) in [5.74, 6) is -0.444. The molecule has 0 unspecified atom stereocenters. The molecule has 0 atom stereocenters. The van der Waals surface area contributed by atoms with Gasteiger partial charge in [-0.3, -0.25) is 0 Å². The Morgan fingerprint density at radius 2 is 2.17 bits per heavy atom. The highest BCUT2D eigenvalue weighted by atomic mass is 16.6. The molecule has 0 radical (unpaired) electrons. The Hall–Kier alpha value is -0.870. The van der Waals surface area contributed by atoms with E-state index in [4.69, 9.17) is 14.9 Å². The van der Waals surface area contributed by atoms with E-state index in [1.165, 1.54) is 0 Å². The minimum absolute atomic E-state index is 0.287. The predicted molar refractivity (Wildman–Crippen MR) is 41.4 cm³/mol. The second kappa shape index (κ2) is 3.25. The van der Waals surface area contributed by atoms with Crippen LogP contribution < -0.4 is 0 Å². The van der Waals surface area contributed by atoms with Crippen LogP contribution >= 0.6 is 0 Å². The lowest BCUT2D eigenvalue weighted by atomic mass is 10.00. The van der Waals surface area contributed by atoms with Crippen molar-refractivity contribution in [3.8, 4) is 0 Å². The van der Waals surface area contributed by atoms with E-state index in [1.54, 1.807) is 13.0 Å². The highest BCUT2D eigenvalue weighted by Gasteiger charge is 2.42. The second-order valence-corrected chi connectivity index (χ2v) is 2.88. The molecule has 0 aliphatic carbocycles. The summed E-state index contributed by atoms with van der Waals surface area (Å²) in [6.45, 7) is 1.04. The molecule has 0 aromatic heterocycles. The van der Waals surface area contributed by atoms with Gasteiger partial charge < -0.3 is 14.9 Å². The fourth-order valence-corrected chi connectivity index (χ4v) is 1.16. The summed E-state index contributed by atoms with van der Waals surface area (Å²) in [4.78, 5) is 11.0. The van der Waals surface area contributed by atoms with Crippen molar-refractivity contribution in [2.24, 2.45) is 0 Å². The van der Waals surface area contributed by atoms with Crippen molar-refractivity contribution in [2.75, 3.05) is 13.2 Å². The van der Waals surface area contributed by atoms with E-state index < -0.39 is 11.6 Å². The zero-order valence-corrected chi connectivity index (χ0v) is 6.91. The maximum Gasteiger partial charge on any atom is 0.334 e. The van der Waals surface area contributed by atoms with Crippen LogP contribution in [0, 0.1) is 0 Å². The molecule has 1 saturated heterocycles. The minimum atomic E-state index is -1.08. The first-order valence-corrected chi connectivity index (χ1v) is 3.78. The fraction of sp³-hybridized carbons (Fsp3) is 0.625. The van der Waals surface area contributed by atoms with E-state index >= 15 is 0 Å². The van der Waals surface area contributed by atoms with Crippen LogP contribution in [0.5, 0.6) is 0 Å². The molecule has 1 heterocycles. The van der Waals surface area contributed by atoms with Crippen molar-refractivity contribution in [1.29, 1.82) is 0 Å². The van der Waals surface area contributed by atoms with E-state index in [-0.39, 0.29) is 19.6 Å². The minimum Gasteiger partial charge on any atom is -0.450 e. The summed E-state index contributed by atoms with van der Waals surface area (Å²) in [7, 11) is 0. The third-order valence-corrected chi connectivity index (χ3v) is 2.01. The molecule has 0 saturated carbocycles. The van der Waals surface area contributed by atoms with Crippen molar-refractivity contribution >= 4 is 5.97 Å². The molecule has 1 rings (SSSR count). The lowest BCUT2D eigenvalue weighted by molar-refractivity contribution is -0.154. The second-order valence-electron chi connectivity index (χ2n) is 2.88. The number of carbonyl (C=O) groups excluding carboxylic acids is 1. The topological polar surface area (TPSA) is 66.8 Å².